The van der Waals surface area contributed by atoms with Gasteiger partial charge in [-0.15, -0.1) is 0 Å². The van der Waals surface area contributed by atoms with Crippen molar-refractivity contribution in [2.45, 2.75) is 37.8 Å². The van der Waals surface area contributed by atoms with Crippen molar-refractivity contribution in [2.75, 3.05) is 6.54 Å². The molecule has 0 saturated heterocycles. The predicted octanol–water partition coefficient (Wildman–Crippen LogP) is 2.46. The number of carbonyl (C=O) groups excluding carboxylic acids is 1. The van der Waals surface area contributed by atoms with Gasteiger partial charge in [0.2, 0.25) is 0 Å². The van der Waals surface area contributed by atoms with Gasteiger partial charge in [0.25, 0.3) is 0 Å². The number of hydrogen-bond donors (Lipinski definition) is 3. The van der Waals surface area contributed by atoms with Crippen LogP contribution in [0.1, 0.15) is 42.9 Å². The second-order valence-corrected chi connectivity index (χ2v) is 5.82. The van der Waals surface area contributed by atoms with Crippen LogP contribution in [0.2, 0.25) is 0 Å². The van der Waals surface area contributed by atoms with Gasteiger partial charge in [-0.3, -0.25) is 0 Å². The number of aliphatic hydroxyl groups is 1. The first-order valence-corrected chi connectivity index (χ1v) is 7.43. The molecule has 2 aromatic heterocycles. The van der Waals surface area contributed by atoms with Gasteiger partial charge < -0.3 is 24.6 Å². The zero-order valence-electron chi connectivity index (χ0n) is 12.5. The van der Waals surface area contributed by atoms with Crippen molar-refractivity contribution in [3.05, 3.63) is 47.8 Å². The first-order chi connectivity index (χ1) is 10.6. The number of amides is 2. The van der Waals surface area contributed by atoms with Gasteiger partial charge in [-0.2, -0.15) is 0 Å². The summed E-state index contributed by atoms with van der Waals surface area (Å²) in [5.41, 5.74) is -0.201. The maximum absolute atomic E-state index is 12.1. The van der Waals surface area contributed by atoms with E-state index in [0.717, 1.165) is 30.6 Å². The number of rotatable bonds is 4. The second-order valence-electron chi connectivity index (χ2n) is 5.82. The molecule has 22 heavy (non-hydrogen) atoms. The zero-order chi connectivity index (χ0) is 15.6. The molecule has 2 atom stereocenters. The third-order valence-corrected chi connectivity index (χ3v) is 4.00. The van der Waals surface area contributed by atoms with Gasteiger partial charge in [0.1, 0.15) is 17.1 Å². The molecule has 2 unspecified atom stereocenters. The highest BCUT2D eigenvalue weighted by Gasteiger charge is 2.28. The van der Waals surface area contributed by atoms with Crippen LogP contribution in [0.15, 0.2) is 39.6 Å². The molecule has 0 aliphatic heterocycles. The minimum Gasteiger partial charge on any atom is -0.469 e. The number of carbonyl (C=O) groups is 1. The van der Waals surface area contributed by atoms with E-state index in [4.69, 9.17) is 8.83 Å². The molecule has 0 saturated carbocycles. The summed E-state index contributed by atoms with van der Waals surface area (Å²) in [6.45, 7) is 1.66. The van der Waals surface area contributed by atoms with Gasteiger partial charge in [0, 0.05) is 12.0 Å². The van der Waals surface area contributed by atoms with E-state index in [2.05, 4.69) is 10.6 Å². The van der Waals surface area contributed by atoms with Gasteiger partial charge in [0.05, 0.1) is 25.1 Å². The molecule has 0 bridgehead atoms. The highest BCUT2D eigenvalue weighted by molar-refractivity contribution is 5.74. The lowest BCUT2D eigenvalue weighted by atomic mass is 9.93. The minimum atomic E-state index is -1.24. The van der Waals surface area contributed by atoms with Crippen molar-refractivity contribution >= 4 is 6.03 Å². The number of urea groups is 1. The number of aryl methyl sites for hydroxylation is 1. The molecule has 118 valence electrons. The van der Waals surface area contributed by atoms with E-state index < -0.39 is 5.60 Å². The van der Waals surface area contributed by atoms with Crippen molar-refractivity contribution in [2.24, 2.45) is 0 Å². The molecule has 1 aliphatic carbocycles. The second kappa shape index (κ2) is 5.88. The van der Waals surface area contributed by atoms with Crippen molar-refractivity contribution in [1.82, 2.24) is 10.6 Å². The third-order valence-electron chi connectivity index (χ3n) is 4.00. The largest absolute Gasteiger partial charge is 0.469 e. The third kappa shape index (κ3) is 3.01. The average Bonchev–Trinajstić information content (AvgIpc) is 3.17. The van der Waals surface area contributed by atoms with Gasteiger partial charge in [0.15, 0.2) is 0 Å². The Morgan fingerprint density at radius 1 is 1.41 bits per heavy atom. The fourth-order valence-electron chi connectivity index (χ4n) is 2.77. The number of fused-ring (bicyclic) bond motifs is 1. The summed E-state index contributed by atoms with van der Waals surface area (Å²) < 4.78 is 10.6. The van der Waals surface area contributed by atoms with Crippen molar-refractivity contribution in [3.8, 4) is 0 Å². The van der Waals surface area contributed by atoms with Crippen molar-refractivity contribution in [3.63, 3.8) is 0 Å². The average molecular weight is 304 g/mol. The van der Waals surface area contributed by atoms with Crippen molar-refractivity contribution < 1.29 is 18.7 Å². The first-order valence-electron chi connectivity index (χ1n) is 7.43. The molecular formula is C16H20N2O4. The van der Waals surface area contributed by atoms with Gasteiger partial charge >= 0.3 is 6.03 Å². The van der Waals surface area contributed by atoms with Crippen LogP contribution in [0.3, 0.4) is 0 Å². The SMILES string of the molecule is CC(O)(CNC(=O)NC1CCCc2occc21)c1ccco1. The lowest BCUT2D eigenvalue weighted by Gasteiger charge is -2.25. The molecule has 1 aliphatic rings. The summed E-state index contributed by atoms with van der Waals surface area (Å²) in [6, 6.07) is 4.92. The Hall–Kier alpha value is -2.21. The smallest absolute Gasteiger partial charge is 0.315 e. The first kappa shape index (κ1) is 14.7. The summed E-state index contributed by atoms with van der Waals surface area (Å²) in [5.74, 6) is 1.36. The summed E-state index contributed by atoms with van der Waals surface area (Å²) in [7, 11) is 0. The van der Waals surface area contributed by atoms with Crippen LogP contribution >= 0.6 is 0 Å². The Morgan fingerprint density at radius 3 is 3.05 bits per heavy atom. The van der Waals surface area contributed by atoms with Crippen LogP contribution in [0.4, 0.5) is 4.79 Å². The molecule has 6 nitrogen and oxygen atoms in total. The Balaban J connectivity index is 1.56. The standard InChI is InChI=1S/C16H20N2O4/c1-16(20,14-6-3-8-22-14)10-17-15(19)18-12-4-2-5-13-11(12)7-9-21-13/h3,6-9,12,20H,2,4-5,10H2,1H3,(H2,17,18,19). The molecule has 6 heteroatoms. The van der Waals surface area contributed by atoms with E-state index in [9.17, 15) is 9.90 Å². The molecule has 0 radical (unpaired) electrons. The van der Waals surface area contributed by atoms with Crippen molar-refractivity contribution in [1.29, 1.82) is 0 Å². The highest BCUT2D eigenvalue weighted by Crippen LogP contribution is 2.30. The summed E-state index contributed by atoms with van der Waals surface area (Å²) in [5, 5.41) is 15.9. The van der Waals surface area contributed by atoms with E-state index in [1.54, 1.807) is 25.3 Å². The monoisotopic (exact) mass is 304 g/mol. The van der Waals surface area contributed by atoms with Crippen LogP contribution in [-0.4, -0.2) is 17.7 Å². The van der Waals surface area contributed by atoms with E-state index in [1.807, 2.05) is 6.07 Å². The van der Waals surface area contributed by atoms with Crippen LogP contribution < -0.4 is 10.6 Å². The molecule has 2 aromatic rings. The molecule has 0 aromatic carbocycles. The van der Waals surface area contributed by atoms with E-state index >= 15 is 0 Å². The molecular weight excluding hydrogens is 284 g/mol. The molecule has 3 rings (SSSR count). The van der Waals surface area contributed by atoms with Crippen LogP contribution in [0.5, 0.6) is 0 Å². The van der Waals surface area contributed by atoms with Crippen LogP contribution in [-0.2, 0) is 12.0 Å². The topological polar surface area (TPSA) is 87.6 Å². The predicted molar refractivity (Wildman–Crippen MR) is 79.2 cm³/mol. The Morgan fingerprint density at radius 2 is 2.27 bits per heavy atom. The number of nitrogens with one attached hydrogen (secondary N) is 2. The number of hydrogen-bond acceptors (Lipinski definition) is 4. The molecule has 0 spiro atoms. The molecule has 2 amide bonds. The summed E-state index contributed by atoms with van der Waals surface area (Å²) in [4.78, 5) is 12.1. The fraction of sp³-hybridized carbons (Fsp3) is 0.438. The summed E-state index contributed by atoms with van der Waals surface area (Å²) in [6.07, 6.45) is 5.93. The highest BCUT2D eigenvalue weighted by atomic mass is 16.4. The molecule has 2 heterocycles. The Labute approximate surface area is 128 Å². The van der Waals surface area contributed by atoms with E-state index in [-0.39, 0.29) is 18.6 Å². The fourth-order valence-corrected chi connectivity index (χ4v) is 2.77. The van der Waals surface area contributed by atoms with Gasteiger partial charge in [-0.1, -0.05) is 0 Å². The molecule has 0 fully saturated rings. The zero-order valence-corrected chi connectivity index (χ0v) is 12.5. The quantitative estimate of drug-likeness (QED) is 0.809. The maximum Gasteiger partial charge on any atom is 0.315 e. The van der Waals surface area contributed by atoms with Gasteiger partial charge in [-0.05, 0) is 38.0 Å². The number of furan rings is 2. The maximum atomic E-state index is 12.1. The van der Waals surface area contributed by atoms with Crippen LogP contribution in [0, 0.1) is 0 Å². The lowest BCUT2D eigenvalue weighted by molar-refractivity contribution is 0.0366. The normalized spacial score (nSPS) is 20.0. The summed E-state index contributed by atoms with van der Waals surface area (Å²) >= 11 is 0. The van der Waals surface area contributed by atoms with E-state index in [0.29, 0.717) is 5.76 Å². The Kier molecular flexibility index (Phi) is 3.94. The molecule has 3 N–H and O–H groups in total. The lowest BCUT2D eigenvalue weighted by Crippen LogP contribution is -2.44. The van der Waals surface area contributed by atoms with Crippen LogP contribution in [0.25, 0.3) is 0 Å². The van der Waals surface area contributed by atoms with E-state index in [1.165, 1.54) is 6.26 Å². The Bertz CT molecular complexity index is 630. The minimum absolute atomic E-state index is 0.0453. The van der Waals surface area contributed by atoms with Gasteiger partial charge in [-0.25, -0.2) is 4.79 Å².